The molecule has 13 heteroatoms. The van der Waals surface area contributed by atoms with Gasteiger partial charge in [0, 0.05) is 44.7 Å². The topological polar surface area (TPSA) is 143 Å². The van der Waals surface area contributed by atoms with Gasteiger partial charge in [-0.25, -0.2) is 9.80 Å². The minimum atomic E-state index is -0.531. The maximum Gasteiger partial charge on any atom is 0.322 e. The van der Waals surface area contributed by atoms with E-state index >= 15 is 0 Å². The van der Waals surface area contributed by atoms with Gasteiger partial charge in [-0.05, 0) is 42.0 Å². The van der Waals surface area contributed by atoms with Crippen LogP contribution in [0.5, 0.6) is 5.75 Å². The van der Waals surface area contributed by atoms with E-state index in [0.717, 1.165) is 13.1 Å². The van der Waals surface area contributed by atoms with Crippen LogP contribution < -0.4 is 10.1 Å². The Morgan fingerprint density at radius 1 is 1.12 bits per heavy atom. The molecule has 42 heavy (non-hydrogen) atoms. The Hall–Kier alpha value is -4.75. The summed E-state index contributed by atoms with van der Waals surface area (Å²) in [6.45, 7) is 3.34. The number of methoxy groups -OCH3 is 1. The number of rotatable bonds is 10. The van der Waals surface area contributed by atoms with E-state index in [-0.39, 0.29) is 12.2 Å². The molecule has 3 amide bonds. The third kappa shape index (κ3) is 6.75. The number of nitrogens with one attached hydrogen (secondary N) is 1. The van der Waals surface area contributed by atoms with Crippen LogP contribution in [0.25, 0.3) is 0 Å². The number of carbonyl (C=O) groups excluding carboxylic acids is 2. The number of hydrogen-bond acceptors (Lipinski definition) is 9. The fourth-order valence-electron chi connectivity index (χ4n) is 4.91. The predicted molar refractivity (Wildman–Crippen MR) is 153 cm³/mol. The average molecular weight is 577 g/mol. The number of nitro benzene ring substituents is 1. The van der Waals surface area contributed by atoms with Crippen molar-refractivity contribution in [3.05, 3.63) is 88.4 Å². The minimum Gasteiger partial charge on any atom is -0.495 e. The van der Waals surface area contributed by atoms with E-state index in [9.17, 15) is 19.7 Å². The smallest absolute Gasteiger partial charge is 0.322 e. The van der Waals surface area contributed by atoms with Crippen LogP contribution in [0.4, 0.5) is 16.2 Å². The molecule has 0 saturated carbocycles. The second kappa shape index (κ2) is 13.3. The fraction of sp³-hybridized carbons (Fsp3) is 0.345. The number of ether oxygens (including phenoxy) is 2. The molecule has 0 radical (unpaired) electrons. The molecule has 2 aromatic carbocycles. The van der Waals surface area contributed by atoms with Crippen molar-refractivity contribution in [2.45, 2.75) is 12.5 Å². The molecular weight excluding hydrogens is 544 g/mol. The van der Waals surface area contributed by atoms with Crippen molar-refractivity contribution in [1.29, 1.82) is 0 Å². The number of furan rings is 1. The zero-order valence-corrected chi connectivity index (χ0v) is 23.2. The SMILES string of the molecule is COc1ccccc1NC(=O)N(CCN1CCOCC1)CC(=O)N1N=C(c2ccc([N+](=O)[O-])cc2)C[C@@H]1c1ccco1. The number of nitrogens with zero attached hydrogens (tertiary/aromatic N) is 5. The van der Waals surface area contributed by atoms with Crippen molar-refractivity contribution < 1.29 is 28.4 Å². The molecule has 1 fully saturated rings. The van der Waals surface area contributed by atoms with Crippen LogP contribution in [-0.2, 0) is 9.53 Å². The lowest BCUT2D eigenvalue weighted by Gasteiger charge is -2.31. The van der Waals surface area contributed by atoms with Gasteiger partial charge < -0.3 is 24.1 Å². The Bertz CT molecular complexity index is 1420. The predicted octanol–water partition coefficient (Wildman–Crippen LogP) is 3.74. The summed E-state index contributed by atoms with van der Waals surface area (Å²) in [6.07, 6.45) is 1.87. The quantitative estimate of drug-likeness (QED) is 0.284. The Morgan fingerprint density at radius 3 is 2.57 bits per heavy atom. The van der Waals surface area contributed by atoms with Crippen LogP contribution in [0.15, 0.2) is 76.4 Å². The van der Waals surface area contributed by atoms with E-state index in [1.807, 2.05) is 0 Å². The molecular formula is C29H32N6O7. The number of para-hydroxylation sites is 2. The Balaban J connectivity index is 1.37. The number of carbonyl (C=O) groups is 2. The van der Waals surface area contributed by atoms with Crippen molar-refractivity contribution in [3.63, 3.8) is 0 Å². The maximum absolute atomic E-state index is 13.8. The number of hydrazone groups is 1. The van der Waals surface area contributed by atoms with Gasteiger partial charge in [-0.15, -0.1) is 0 Å². The zero-order valence-electron chi connectivity index (χ0n) is 23.2. The van der Waals surface area contributed by atoms with Gasteiger partial charge in [0.25, 0.3) is 11.6 Å². The number of amides is 3. The summed E-state index contributed by atoms with van der Waals surface area (Å²) in [7, 11) is 1.52. The summed E-state index contributed by atoms with van der Waals surface area (Å²) in [5, 5.41) is 19.9. The van der Waals surface area contributed by atoms with Gasteiger partial charge >= 0.3 is 6.03 Å². The van der Waals surface area contributed by atoms with Gasteiger partial charge in [0.2, 0.25) is 0 Å². The van der Waals surface area contributed by atoms with Crippen molar-refractivity contribution >= 4 is 29.0 Å². The summed E-state index contributed by atoms with van der Waals surface area (Å²) in [6, 6.07) is 15.6. The number of nitro groups is 1. The lowest BCUT2D eigenvalue weighted by molar-refractivity contribution is -0.384. The van der Waals surface area contributed by atoms with E-state index in [1.165, 1.54) is 35.4 Å². The van der Waals surface area contributed by atoms with Crippen molar-refractivity contribution in [2.24, 2.45) is 5.10 Å². The molecule has 3 heterocycles. The highest BCUT2D eigenvalue weighted by Crippen LogP contribution is 2.33. The van der Waals surface area contributed by atoms with Gasteiger partial charge in [0.05, 0.1) is 42.9 Å². The number of morpholine rings is 1. The normalized spacial score (nSPS) is 17.0. The van der Waals surface area contributed by atoms with E-state index < -0.39 is 22.9 Å². The summed E-state index contributed by atoms with van der Waals surface area (Å²) in [5.41, 5.74) is 1.69. The third-order valence-electron chi connectivity index (χ3n) is 7.20. The maximum atomic E-state index is 13.8. The van der Waals surface area contributed by atoms with Crippen LogP contribution in [0.1, 0.15) is 23.8 Å². The second-order valence-electron chi connectivity index (χ2n) is 9.83. The molecule has 0 unspecified atom stereocenters. The van der Waals surface area contributed by atoms with Crippen molar-refractivity contribution in [3.8, 4) is 5.75 Å². The lowest BCUT2D eigenvalue weighted by Crippen LogP contribution is -2.47. The molecule has 1 N–H and O–H groups in total. The number of benzene rings is 2. The van der Waals surface area contributed by atoms with E-state index in [1.54, 1.807) is 48.5 Å². The Labute approximate surface area is 242 Å². The number of non-ortho nitro benzene ring substituents is 1. The molecule has 0 bridgehead atoms. The molecule has 220 valence electrons. The summed E-state index contributed by atoms with van der Waals surface area (Å²) in [4.78, 5) is 41.6. The van der Waals surface area contributed by atoms with Crippen LogP contribution in [0, 0.1) is 10.1 Å². The van der Waals surface area contributed by atoms with Gasteiger partial charge in [-0.1, -0.05) is 12.1 Å². The molecule has 2 aliphatic rings. The van der Waals surface area contributed by atoms with Crippen LogP contribution in [0.2, 0.25) is 0 Å². The standard InChI is InChI=1S/C29H32N6O7/c1-40-26-6-3-2-5-23(26)30-29(37)33(13-12-32-14-17-41-18-15-32)20-28(36)34-25(27-7-4-16-42-27)19-24(31-34)21-8-10-22(11-9-21)35(38)39/h2-11,16,25H,12-15,17-20H2,1H3,(H,30,37)/t25-/m1/s1. The monoisotopic (exact) mass is 576 g/mol. The first-order valence-electron chi connectivity index (χ1n) is 13.6. The lowest BCUT2D eigenvalue weighted by atomic mass is 10.0. The average Bonchev–Trinajstić information content (AvgIpc) is 3.71. The largest absolute Gasteiger partial charge is 0.495 e. The number of hydrogen-bond donors (Lipinski definition) is 1. The minimum absolute atomic E-state index is 0.0372. The molecule has 3 aromatic rings. The summed E-state index contributed by atoms with van der Waals surface area (Å²) >= 11 is 0. The molecule has 0 aliphatic carbocycles. The summed E-state index contributed by atoms with van der Waals surface area (Å²) in [5.74, 6) is 0.646. The van der Waals surface area contributed by atoms with Gasteiger partial charge in [0.1, 0.15) is 24.1 Å². The molecule has 13 nitrogen and oxygen atoms in total. The molecule has 2 aliphatic heterocycles. The van der Waals surface area contributed by atoms with Crippen molar-refractivity contribution in [1.82, 2.24) is 14.8 Å². The van der Waals surface area contributed by atoms with Crippen LogP contribution in [-0.4, -0.2) is 90.4 Å². The molecule has 5 rings (SSSR count). The first-order valence-corrected chi connectivity index (χ1v) is 13.6. The highest BCUT2D eigenvalue weighted by Gasteiger charge is 2.36. The Kier molecular flexibility index (Phi) is 9.09. The number of urea groups is 1. The van der Waals surface area contributed by atoms with Crippen LogP contribution >= 0.6 is 0 Å². The third-order valence-corrected chi connectivity index (χ3v) is 7.20. The molecule has 1 atom stereocenters. The van der Waals surface area contributed by atoms with E-state index in [0.29, 0.717) is 61.2 Å². The van der Waals surface area contributed by atoms with Gasteiger partial charge in [-0.2, -0.15) is 5.10 Å². The van der Waals surface area contributed by atoms with Crippen molar-refractivity contribution in [2.75, 3.05) is 58.4 Å². The highest BCUT2D eigenvalue weighted by molar-refractivity contribution is 6.03. The van der Waals surface area contributed by atoms with E-state index in [4.69, 9.17) is 13.9 Å². The highest BCUT2D eigenvalue weighted by atomic mass is 16.6. The first kappa shape index (κ1) is 28.8. The molecule has 0 spiro atoms. The van der Waals surface area contributed by atoms with Gasteiger partial charge in [0.15, 0.2) is 0 Å². The number of anilines is 1. The molecule has 1 saturated heterocycles. The fourth-order valence-corrected chi connectivity index (χ4v) is 4.91. The van der Waals surface area contributed by atoms with Gasteiger partial charge in [-0.3, -0.25) is 19.8 Å². The Morgan fingerprint density at radius 2 is 1.88 bits per heavy atom. The molecule has 1 aromatic heterocycles. The second-order valence-corrected chi connectivity index (χ2v) is 9.83. The summed E-state index contributed by atoms with van der Waals surface area (Å²) < 4.78 is 16.4. The zero-order chi connectivity index (χ0) is 29.5. The van der Waals surface area contributed by atoms with Crippen LogP contribution in [0.3, 0.4) is 0 Å². The van der Waals surface area contributed by atoms with E-state index in [2.05, 4.69) is 15.3 Å². The first-order chi connectivity index (χ1) is 20.4.